The molecule has 7 nitrogen and oxygen atoms in total. The highest BCUT2D eigenvalue weighted by Gasteiger charge is 2.30. The fraction of sp³-hybridized carbons (Fsp3) is 0.136. The molecule has 0 aliphatic rings. The van der Waals surface area contributed by atoms with Crippen molar-refractivity contribution in [2.75, 3.05) is 6.61 Å². The number of rotatable bonds is 6. The van der Waals surface area contributed by atoms with Crippen LogP contribution in [-0.2, 0) is 17.5 Å². The van der Waals surface area contributed by atoms with Crippen molar-refractivity contribution in [1.29, 1.82) is 0 Å². The number of nitrogens with zero attached hydrogens (tertiary/aromatic N) is 2. The van der Waals surface area contributed by atoms with E-state index in [9.17, 15) is 22.8 Å². The lowest BCUT2D eigenvalue weighted by Crippen LogP contribution is -2.11. The number of nitrogens with two attached hydrogens (primary N) is 1. The third-order valence-corrected chi connectivity index (χ3v) is 5.00. The Bertz CT molecular complexity index is 1340. The summed E-state index contributed by atoms with van der Waals surface area (Å²) >= 11 is 0. The van der Waals surface area contributed by atoms with E-state index in [4.69, 9.17) is 15.6 Å². The number of pyridine rings is 1. The Hall–Kier alpha value is -4.08. The van der Waals surface area contributed by atoms with E-state index in [1.807, 2.05) is 0 Å². The number of halogens is 3. The number of hydrogen-bond acceptors (Lipinski definition) is 4. The van der Waals surface area contributed by atoms with Crippen molar-refractivity contribution in [1.82, 2.24) is 9.55 Å². The summed E-state index contributed by atoms with van der Waals surface area (Å²) in [6, 6.07) is 9.64. The average molecular weight is 443 g/mol. The number of ether oxygens (including phenoxy) is 1. The molecule has 2 aromatic heterocycles. The summed E-state index contributed by atoms with van der Waals surface area (Å²) in [4.78, 5) is 27.2. The van der Waals surface area contributed by atoms with E-state index >= 15 is 0 Å². The lowest BCUT2D eigenvalue weighted by Gasteiger charge is -2.10. The Balaban J connectivity index is 1.92. The molecule has 0 atom stereocenters. The van der Waals surface area contributed by atoms with Crippen molar-refractivity contribution in [3.63, 3.8) is 0 Å². The topological polar surface area (TPSA) is 107 Å². The van der Waals surface area contributed by atoms with Gasteiger partial charge in [0.25, 0.3) is 0 Å². The molecule has 0 radical (unpaired) electrons. The van der Waals surface area contributed by atoms with E-state index in [1.54, 1.807) is 16.7 Å². The van der Waals surface area contributed by atoms with Crippen molar-refractivity contribution in [3.8, 4) is 5.75 Å². The van der Waals surface area contributed by atoms with Crippen LogP contribution < -0.4 is 10.5 Å². The molecule has 0 unspecified atom stereocenters. The number of hydrogen-bond donors (Lipinski definition) is 2. The Kier molecular flexibility index (Phi) is 5.21. The van der Waals surface area contributed by atoms with Gasteiger partial charge in [0.15, 0.2) is 6.61 Å². The molecule has 2 heterocycles. The number of carboxylic acid groups (broad SMARTS) is 1. The number of aromatic nitrogens is 2. The fourth-order valence-electron chi connectivity index (χ4n) is 3.65. The Morgan fingerprint density at radius 1 is 1.03 bits per heavy atom. The summed E-state index contributed by atoms with van der Waals surface area (Å²) in [6.07, 6.45) is -1.59. The van der Waals surface area contributed by atoms with Crippen molar-refractivity contribution in [2.24, 2.45) is 5.73 Å². The third kappa shape index (κ3) is 3.82. The molecule has 10 heteroatoms. The molecule has 2 aromatic carbocycles. The number of carboxylic acids is 1. The molecule has 0 saturated heterocycles. The molecule has 4 rings (SSSR count). The minimum absolute atomic E-state index is 0.148. The zero-order valence-corrected chi connectivity index (χ0v) is 16.4. The number of alkyl halides is 3. The quantitative estimate of drug-likeness (QED) is 0.471. The highest BCUT2D eigenvalue weighted by Crippen LogP contribution is 2.37. The molecular formula is C22H16F3N3O4. The van der Waals surface area contributed by atoms with Crippen LogP contribution >= 0.6 is 0 Å². The first-order valence-corrected chi connectivity index (χ1v) is 9.36. The molecule has 0 saturated carbocycles. The normalized spacial score (nSPS) is 11.7. The van der Waals surface area contributed by atoms with Crippen LogP contribution in [0.3, 0.4) is 0 Å². The first-order valence-electron chi connectivity index (χ1n) is 9.36. The molecule has 1 amide bonds. The third-order valence-electron chi connectivity index (χ3n) is 5.00. The Labute approximate surface area is 178 Å². The van der Waals surface area contributed by atoms with Gasteiger partial charge in [-0.25, -0.2) is 4.79 Å². The molecular weight excluding hydrogens is 427 g/mol. The summed E-state index contributed by atoms with van der Waals surface area (Å²) in [7, 11) is 0. The van der Waals surface area contributed by atoms with E-state index in [0.717, 1.165) is 12.1 Å². The zero-order valence-electron chi connectivity index (χ0n) is 16.4. The molecule has 0 aliphatic heterocycles. The number of primary amides is 1. The van der Waals surface area contributed by atoms with Gasteiger partial charge >= 0.3 is 12.1 Å². The number of aliphatic carboxylic acids is 1. The summed E-state index contributed by atoms with van der Waals surface area (Å²) in [5, 5.41) is 9.87. The van der Waals surface area contributed by atoms with Crippen LogP contribution in [0.4, 0.5) is 13.2 Å². The second kappa shape index (κ2) is 7.88. The van der Waals surface area contributed by atoms with E-state index in [1.165, 1.54) is 30.6 Å². The first-order chi connectivity index (χ1) is 15.2. The van der Waals surface area contributed by atoms with E-state index in [0.29, 0.717) is 27.4 Å². The van der Waals surface area contributed by atoms with Crippen LogP contribution in [-0.4, -0.2) is 33.1 Å². The van der Waals surface area contributed by atoms with Gasteiger partial charge in [-0.3, -0.25) is 9.78 Å². The maximum absolute atomic E-state index is 12.9. The summed E-state index contributed by atoms with van der Waals surface area (Å²) in [5.74, 6) is -1.73. The van der Waals surface area contributed by atoms with Crippen LogP contribution in [0, 0.1) is 0 Å². The molecule has 32 heavy (non-hydrogen) atoms. The van der Waals surface area contributed by atoms with Crippen molar-refractivity contribution >= 4 is 33.7 Å². The maximum Gasteiger partial charge on any atom is 0.416 e. The maximum atomic E-state index is 12.9. The second-order valence-electron chi connectivity index (χ2n) is 7.06. The van der Waals surface area contributed by atoms with E-state index in [2.05, 4.69) is 4.98 Å². The van der Waals surface area contributed by atoms with Crippen LogP contribution in [0.15, 0.2) is 54.9 Å². The molecule has 3 N–H and O–H groups in total. The molecule has 0 spiro atoms. The summed E-state index contributed by atoms with van der Waals surface area (Å²) in [6.45, 7) is -0.449. The van der Waals surface area contributed by atoms with Gasteiger partial charge in [0.05, 0.1) is 34.4 Å². The molecule has 4 aromatic rings. The van der Waals surface area contributed by atoms with Gasteiger partial charge < -0.3 is 20.1 Å². The van der Waals surface area contributed by atoms with Crippen molar-refractivity contribution in [2.45, 2.75) is 12.7 Å². The molecule has 0 aliphatic carbocycles. The highest BCUT2D eigenvalue weighted by atomic mass is 19.4. The monoisotopic (exact) mass is 443 g/mol. The van der Waals surface area contributed by atoms with Gasteiger partial charge in [0.2, 0.25) is 5.91 Å². The predicted octanol–water partition coefficient (Wildman–Crippen LogP) is 3.82. The van der Waals surface area contributed by atoms with Gasteiger partial charge in [0.1, 0.15) is 5.75 Å². The van der Waals surface area contributed by atoms with E-state index in [-0.39, 0.29) is 17.9 Å². The van der Waals surface area contributed by atoms with Crippen molar-refractivity contribution in [3.05, 3.63) is 71.5 Å². The molecule has 0 fully saturated rings. The first kappa shape index (κ1) is 21.2. The largest absolute Gasteiger partial charge is 0.480 e. The number of fused-ring (bicyclic) bond motifs is 3. The van der Waals surface area contributed by atoms with Gasteiger partial charge in [0, 0.05) is 17.5 Å². The van der Waals surface area contributed by atoms with E-state index < -0.39 is 30.2 Å². The highest BCUT2D eigenvalue weighted by molar-refractivity contribution is 6.19. The van der Waals surface area contributed by atoms with Gasteiger partial charge in [-0.2, -0.15) is 13.2 Å². The fourth-order valence-corrected chi connectivity index (χ4v) is 3.65. The molecule has 164 valence electrons. The van der Waals surface area contributed by atoms with Crippen LogP contribution in [0.2, 0.25) is 0 Å². The lowest BCUT2D eigenvalue weighted by molar-refractivity contribution is -0.139. The standard InChI is InChI=1S/C22H16F3N3O4/c23-22(24,25)13-6-4-12(5-7-13)10-28-15-3-1-2-14(21(26)31)19(15)20-16(28)8-27-9-17(20)32-11-18(29)30/h1-9H,10-11H2,(H2,26,31)(H,29,30). The SMILES string of the molecule is NC(=O)c1cccc2c1c1c(OCC(=O)O)cncc1n2Cc1ccc(C(F)(F)F)cc1. The predicted molar refractivity (Wildman–Crippen MR) is 109 cm³/mol. The van der Waals surface area contributed by atoms with Gasteiger partial charge in [-0.15, -0.1) is 0 Å². The van der Waals surface area contributed by atoms with Crippen LogP contribution in [0.1, 0.15) is 21.5 Å². The average Bonchev–Trinajstić information content (AvgIpc) is 3.06. The Morgan fingerprint density at radius 3 is 2.38 bits per heavy atom. The summed E-state index contributed by atoms with van der Waals surface area (Å²) < 4.78 is 45.8. The zero-order chi connectivity index (χ0) is 23.0. The van der Waals surface area contributed by atoms with Crippen LogP contribution in [0.5, 0.6) is 5.75 Å². The van der Waals surface area contributed by atoms with Gasteiger partial charge in [-0.05, 0) is 29.8 Å². The van der Waals surface area contributed by atoms with Crippen molar-refractivity contribution < 1.29 is 32.6 Å². The number of carbonyl (C=O) groups is 2. The molecule has 0 bridgehead atoms. The number of amides is 1. The van der Waals surface area contributed by atoms with Crippen LogP contribution in [0.25, 0.3) is 21.8 Å². The minimum atomic E-state index is -4.44. The lowest BCUT2D eigenvalue weighted by atomic mass is 10.1. The number of benzene rings is 2. The number of carbonyl (C=O) groups excluding carboxylic acids is 1. The Morgan fingerprint density at radius 2 is 1.75 bits per heavy atom. The smallest absolute Gasteiger partial charge is 0.416 e. The minimum Gasteiger partial charge on any atom is -0.480 e. The van der Waals surface area contributed by atoms with Gasteiger partial charge in [-0.1, -0.05) is 18.2 Å². The summed E-state index contributed by atoms with van der Waals surface area (Å²) in [5.41, 5.74) is 6.66. The second-order valence-corrected chi connectivity index (χ2v) is 7.06.